The van der Waals surface area contributed by atoms with Crippen LogP contribution >= 0.6 is 0 Å². The van der Waals surface area contributed by atoms with Crippen LogP contribution in [0.15, 0.2) is 24.3 Å². The van der Waals surface area contributed by atoms with Gasteiger partial charge in [-0.25, -0.2) is 0 Å². The van der Waals surface area contributed by atoms with Crippen LogP contribution in [0.3, 0.4) is 0 Å². The molecule has 2 heteroatoms. The highest BCUT2D eigenvalue weighted by molar-refractivity contribution is 6.87. The minimum atomic E-state index is -1.54. The molecular formula is C20H30OSi. The summed E-state index contributed by atoms with van der Waals surface area (Å²) in [5, 5.41) is 0.294. The summed E-state index contributed by atoms with van der Waals surface area (Å²) in [6.45, 7) is 15.3. The lowest BCUT2D eigenvalue weighted by molar-refractivity contribution is -0.117. The van der Waals surface area contributed by atoms with Gasteiger partial charge >= 0.3 is 0 Å². The van der Waals surface area contributed by atoms with Crippen molar-refractivity contribution in [2.24, 2.45) is 5.92 Å². The topological polar surface area (TPSA) is 17.1 Å². The van der Waals surface area contributed by atoms with Crippen LogP contribution in [0.1, 0.15) is 52.2 Å². The molecule has 0 fully saturated rings. The van der Waals surface area contributed by atoms with Gasteiger partial charge in [0.05, 0.1) is 0 Å². The van der Waals surface area contributed by atoms with Gasteiger partial charge in [-0.1, -0.05) is 58.8 Å². The monoisotopic (exact) mass is 314 g/mol. The van der Waals surface area contributed by atoms with E-state index in [-0.39, 0.29) is 5.78 Å². The standard InChI is InChI=1S/C20H30OSi/c1-16(14-17(2)21)15-19-10-8-18(9-11-19)12-13-22(6,7)20(3,4)5/h8-11,16H,14-15H2,1-7H3/t16-/m1/s1. The Hall–Kier alpha value is -1.33. The molecule has 120 valence electrons. The molecule has 0 heterocycles. The molecule has 1 atom stereocenters. The maximum Gasteiger partial charge on any atom is 0.138 e. The molecule has 0 unspecified atom stereocenters. The molecule has 0 saturated carbocycles. The van der Waals surface area contributed by atoms with Crippen LogP contribution in [0.5, 0.6) is 0 Å². The Labute approximate surface area is 137 Å². The first kappa shape index (κ1) is 18.7. The summed E-state index contributed by atoms with van der Waals surface area (Å²) >= 11 is 0. The second-order valence-electron chi connectivity index (χ2n) is 8.04. The minimum Gasteiger partial charge on any atom is -0.300 e. The van der Waals surface area contributed by atoms with E-state index in [1.54, 1.807) is 6.92 Å². The highest BCUT2D eigenvalue weighted by Crippen LogP contribution is 2.35. The van der Waals surface area contributed by atoms with E-state index in [0.717, 1.165) is 12.0 Å². The highest BCUT2D eigenvalue weighted by Gasteiger charge is 2.33. The first-order chi connectivity index (χ1) is 10.0. The molecule has 22 heavy (non-hydrogen) atoms. The van der Waals surface area contributed by atoms with Crippen LogP contribution < -0.4 is 0 Å². The molecule has 0 spiro atoms. The number of benzene rings is 1. The molecule has 0 amide bonds. The summed E-state index contributed by atoms with van der Waals surface area (Å²) in [5.41, 5.74) is 5.92. The first-order valence-corrected chi connectivity index (χ1v) is 11.1. The van der Waals surface area contributed by atoms with Crippen molar-refractivity contribution in [3.8, 4) is 11.5 Å². The van der Waals surface area contributed by atoms with Crippen molar-refractivity contribution in [3.63, 3.8) is 0 Å². The molecule has 0 aliphatic heterocycles. The Morgan fingerprint density at radius 2 is 1.73 bits per heavy atom. The lowest BCUT2D eigenvalue weighted by atomic mass is 9.96. The number of carbonyl (C=O) groups excluding carboxylic acids is 1. The number of carbonyl (C=O) groups is 1. The smallest absolute Gasteiger partial charge is 0.138 e. The number of hydrogen-bond acceptors (Lipinski definition) is 1. The number of Topliss-reactive ketones (excluding diaryl/α,β-unsaturated/α-hetero) is 1. The number of hydrogen-bond donors (Lipinski definition) is 0. The van der Waals surface area contributed by atoms with E-state index in [0.29, 0.717) is 17.4 Å². The largest absolute Gasteiger partial charge is 0.300 e. The Kier molecular flexibility index (Phi) is 6.20. The van der Waals surface area contributed by atoms with Crippen molar-refractivity contribution in [2.45, 2.75) is 65.6 Å². The molecule has 0 bridgehead atoms. The highest BCUT2D eigenvalue weighted by atomic mass is 28.3. The predicted octanol–water partition coefficient (Wildman–Crippen LogP) is 5.24. The van der Waals surface area contributed by atoms with Gasteiger partial charge in [-0.3, -0.25) is 0 Å². The Bertz CT molecular complexity index is 564. The second-order valence-corrected chi connectivity index (χ2v) is 13.0. The minimum absolute atomic E-state index is 0.268. The fourth-order valence-electron chi connectivity index (χ4n) is 2.11. The zero-order valence-electron chi connectivity index (χ0n) is 15.2. The van der Waals surface area contributed by atoms with Crippen molar-refractivity contribution in [2.75, 3.05) is 0 Å². The van der Waals surface area contributed by atoms with E-state index in [2.05, 4.69) is 76.5 Å². The van der Waals surface area contributed by atoms with Gasteiger partial charge in [0.25, 0.3) is 0 Å². The van der Waals surface area contributed by atoms with Crippen LogP contribution in [0.2, 0.25) is 18.1 Å². The molecule has 0 aromatic heterocycles. The molecule has 1 aromatic carbocycles. The van der Waals surface area contributed by atoms with Gasteiger partial charge in [0.1, 0.15) is 13.9 Å². The fraction of sp³-hybridized carbons (Fsp3) is 0.550. The predicted molar refractivity (Wildman–Crippen MR) is 98.7 cm³/mol. The molecule has 1 aromatic rings. The van der Waals surface area contributed by atoms with E-state index in [1.165, 1.54) is 5.56 Å². The summed E-state index contributed by atoms with van der Waals surface area (Å²) in [5.74, 6) is 4.03. The van der Waals surface area contributed by atoms with Gasteiger partial charge < -0.3 is 4.79 Å². The third-order valence-corrected chi connectivity index (χ3v) is 9.07. The molecule has 1 nitrogen and oxygen atoms in total. The van der Waals surface area contributed by atoms with Gasteiger partial charge in [0.15, 0.2) is 0 Å². The molecule has 0 radical (unpaired) electrons. The van der Waals surface area contributed by atoms with E-state index < -0.39 is 8.07 Å². The van der Waals surface area contributed by atoms with Crippen LogP contribution in [-0.4, -0.2) is 13.9 Å². The Balaban J connectivity index is 2.77. The zero-order chi connectivity index (χ0) is 17.0. The van der Waals surface area contributed by atoms with Crippen molar-refractivity contribution in [1.82, 2.24) is 0 Å². The maximum atomic E-state index is 11.1. The van der Waals surface area contributed by atoms with Crippen molar-refractivity contribution >= 4 is 13.9 Å². The SMILES string of the molecule is CC(=O)C[C@@H](C)Cc1ccc(C#C[Si](C)(C)C(C)(C)C)cc1. The molecular weight excluding hydrogens is 284 g/mol. The van der Waals surface area contributed by atoms with Gasteiger partial charge in [0.2, 0.25) is 0 Å². The average Bonchev–Trinajstić information content (AvgIpc) is 2.35. The summed E-state index contributed by atoms with van der Waals surface area (Å²) in [7, 11) is -1.54. The van der Waals surface area contributed by atoms with E-state index >= 15 is 0 Å². The van der Waals surface area contributed by atoms with Crippen LogP contribution in [0.25, 0.3) is 0 Å². The molecule has 0 aliphatic rings. The zero-order valence-corrected chi connectivity index (χ0v) is 16.2. The summed E-state index contributed by atoms with van der Waals surface area (Å²) in [6.07, 6.45) is 1.61. The first-order valence-electron chi connectivity index (χ1n) is 8.13. The summed E-state index contributed by atoms with van der Waals surface area (Å²) in [4.78, 5) is 11.1. The fourth-order valence-corrected chi connectivity index (χ4v) is 2.94. The average molecular weight is 315 g/mol. The molecule has 1 rings (SSSR count). The van der Waals surface area contributed by atoms with Gasteiger partial charge in [-0.2, -0.15) is 0 Å². The molecule has 0 saturated heterocycles. The Morgan fingerprint density at radius 1 is 1.18 bits per heavy atom. The summed E-state index contributed by atoms with van der Waals surface area (Å²) < 4.78 is 0. The van der Waals surface area contributed by atoms with E-state index in [1.807, 2.05) is 0 Å². The van der Waals surface area contributed by atoms with Crippen LogP contribution in [-0.2, 0) is 11.2 Å². The van der Waals surface area contributed by atoms with Crippen molar-refractivity contribution in [3.05, 3.63) is 35.4 Å². The lowest BCUT2D eigenvalue weighted by Crippen LogP contribution is -2.35. The van der Waals surface area contributed by atoms with Crippen molar-refractivity contribution in [1.29, 1.82) is 0 Å². The second kappa shape index (κ2) is 7.29. The van der Waals surface area contributed by atoms with Gasteiger partial charge in [0, 0.05) is 12.0 Å². The number of rotatable bonds is 4. The third-order valence-electron chi connectivity index (χ3n) is 4.57. The number of ketones is 1. The van der Waals surface area contributed by atoms with E-state index in [4.69, 9.17) is 0 Å². The maximum absolute atomic E-state index is 11.1. The molecule has 0 N–H and O–H groups in total. The third kappa shape index (κ3) is 5.81. The normalized spacial score (nSPS) is 13.2. The van der Waals surface area contributed by atoms with Crippen molar-refractivity contribution < 1.29 is 4.79 Å². The Morgan fingerprint density at radius 3 is 2.18 bits per heavy atom. The quantitative estimate of drug-likeness (QED) is 0.548. The lowest BCUT2D eigenvalue weighted by Gasteiger charge is -2.31. The van der Waals surface area contributed by atoms with Crippen LogP contribution in [0, 0.1) is 17.4 Å². The molecule has 0 aliphatic carbocycles. The van der Waals surface area contributed by atoms with Crippen LogP contribution in [0.4, 0.5) is 0 Å². The van der Waals surface area contributed by atoms with E-state index in [9.17, 15) is 4.79 Å². The van der Waals surface area contributed by atoms with Gasteiger partial charge in [-0.05, 0) is 42.0 Å². The summed E-state index contributed by atoms with van der Waals surface area (Å²) in [6, 6.07) is 8.50. The van der Waals surface area contributed by atoms with Gasteiger partial charge in [-0.15, -0.1) is 5.54 Å².